The Bertz CT molecular complexity index is 649. The van der Waals surface area contributed by atoms with Crippen molar-refractivity contribution in [3.05, 3.63) is 53.5 Å². The third kappa shape index (κ3) is 3.56. The lowest BCUT2D eigenvalue weighted by atomic mass is 10.1. The van der Waals surface area contributed by atoms with Gasteiger partial charge in [-0.25, -0.2) is 4.79 Å². The number of carbonyl (C=O) groups is 1. The summed E-state index contributed by atoms with van der Waals surface area (Å²) < 4.78 is 42.9. The predicted molar refractivity (Wildman–Crippen MR) is 69.1 cm³/mol. The van der Waals surface area contributed by atoms with Gasteiger partial charge in [0, 0.05) is 5.69 Å². The topological polar surface area (TPSA) is 62.5 Å². The maximum absolute atomic E-state index is 12.6. The summed E-state index contributed by atoms with van der Waals surface area (Å²) in [5.74, 6) is -1.10. The average molecular weight is 299 g/mol. The van der Waals surface area contributed by atoms with Gasteiger partial charge in [-0.2, -0.15) is 13.2 Å². The standard InChI is InChI=1S/C14H12F3NO3/c1-8(11-5-6-12(21-11)13(19)20)18-10-4-2-3-9(7-10)14(15,16)17/h2-8,18H,1H3,(H,19,20). The van der Waals surface area contributed by atoms with Gasteiger partial charge < -0.3 is 14.8 Å². The van der Waals surface area contributed by atoms with Crippen LogP contribution in [0.25, 0.3) is 0 Å². The molecule has 1 unspecified atom stereocenters. The number of furan rings is 1. The van der Waals surface area contributed by atoms with Crippen LogP contribution in [0.1, 0.15) is 34.8 Å². The molecule has 4 nitrogen and oxygen atoms in total. The molecule has 1 atom stereocenters. The van der Waals surface area contributed by atoms with Gasteiger partial charge >= 0.3 is 12.1 Å². The molecule has 1 heterocycles. The van der Waals surface area contributed by atoms with Crippen molar-refractivity contribution in [2.24, 2.45) is 0 Å². The van der Waals surface area contributed by atoms with Gasteiger partial charge in [-0.05, 0) is 37.3 Å². The Labute approximate surface area is 118 Å². The number of hydrogen-bond acceptors (Lipinski definition) is 3. The largest absolute Gasteiger partial charge is 0.475 e. The predicted octanol–water partition coefficient (Wildman–Crippen LogP) is 4.17. The van der Waals surface area contributed by atoms with Gasteiger partial charge in [0.1, 0.15) is 5.76 Å². The Morgan fingerprint density at radius 1 is 1.29 bits per heavy atom. The molecule has 0 aliphatic carbocycles. The summed E-state index contributed by atoms with van der Waals surface area (Å²) in [4.78, 5) is 10.7. The molecule has 0 saturated carbocycles. The highest BCUT2D eigenvalue weighted by Crippen LogP contribution is 2.31. The van der Waals surface area contributed by atoms with Crippen molar-refractivity contribution in [1.82, 2.24) is 0 Å². The van der Waals surface area contributed by atoms with E-state index < -0.39 is 23.8 Å². The van der Waals surface area contributed by atoms with Gasteiger partial charge in [0.15, 0.2) is 0 Å². The Kier molecular flexibility index (Phi) is 3.93. The molecule has 2 aromatic rings. The molecule has 0 saturated heterocycles. The molecule has 0 amide bonds. The second-order valence-corrected chi connectivity index (χ2v) is 4.45. The van der Waals surface area contributed by atoms with Gasteiger partial charge in [0.2, 0.25) is 5.76 Å². The number of carboxylic acid groups (broad SMARTS) is 1. The molecule has 21 heavy (non-hydrogen) atoms. The molecule has 0 aliphatic heterocycles. The lowest BCUT2D eigenvalue weighted by Gasteiger charge is -2.14. The van der Waals surface area contributed by atoms with Crippen LogP contribution < -0.4 is 5.32 Å². The van der Waals surface area contributed by atoms with Crippen molar-refractivity contribution in [3.63, 3.8) is 0 Å². The number of nitrogens with one attached hydrogen (secondary N) is 1. The molecule has 1 aromatic carbocycles. The first kappa shape index (κ1) is 15.0. The fourth-order valence-electron chi connectivity index (χ4n) is 1.81. The molecule has 0 aliphatic rings. The van der Waals surface area contributed by atoms with Gasteiger partial charge in [-0.1, -0.05) is 6.07 Å². The van der Waals surface area contributed by atoms with Crippen LogP contribution in [0.15, 0.2) is 40.8 Å². The molecule has 0 bridgehead atoms. The summed E-state index contributed by atoms with van der Waals surface area (Å²) in [7, 11) is 0. The fourth-order valence-corrected chi connectivity index (χ4v) is 1.81. The van der Waals surface area contributed by atoms with E-state index in [0.29, 0.717) is 5.76 Å². The molecule has 0 spiro atoms. The van der Waals surface area contributed by atoms with Crippen LogP contribution in [-0.2, 0) is 6.18 Å². The minimum Gasteiger partial charge on any atom is -0.475 e. The van der Waals surface area contributed by atoms with Crippen molar-refractivity contribution in [2.45, 2.75) is 19.1 Å². The first-order chi connectivity index (χ1) is 9.77. The molecule has 112 valence electrons. The lowest BCUT2D eigenvalue weighted by Crippen LogP contribution is -2.09. The number of carboxylic acids is 1. The smallest absolute Gasteiger partial charge is 0.416 e. The van der Waals surface area contributed by atoms with E-state index in [1.807, 2.05) is 0 Å². The molecule has 7 heteroatoms. The second-order valence-electron chi connectivity index (χ2n) is 4.45. The van der Waals surface area contributed by atoms with E-state index in [1.54, 1.807) is 6.92 Å². The second kappa shape index (κ2) is 5.51. The number of rotatable bonds is 4. The highest BCUT2D eigenvalue weighted by molar-refractivity contribution is 5.84. The molecule has 2 N–H and O–H groups in total. The monoisotopic (exact) mass is 299 g/mol. The van der Waals surface area contributed by atoms with Crippen LogP contribution in [0.4, 0.5) is 18.9 Å². The Morgan fingerprint density at radius 3 is 2.57 bits per heavy atom. The summed E-state index contributed by atoms with van der Waals surface area (Å²) >= 11 is 0. The maximum atomic E-state index is 12.6. The van der Waals surface area contributed by atoms with Crippen LogP contribution in [0.3, 0.4) is 0 Å². The highest BCUT2D eigenvalue weighted by Gasteiger charge is 2.30. The number of alkyl halides is 3. The molecule has 1 aromatic heterocycles. The Balaban J connectivity index is 2.15. The van der Waals surface area contributed by atoms with Crippen molar-refractivity contribution in [1.29, 1.82) is 0 Å². The zero-order valence-electron chi connectivity index (χ0n) is 10.9. The van der Waals surface area contributed by atoms with E-state index in [2.05, 4.69) is 5.32 Å². The van der Waals surface area contributed by atoms with Gasteiger partial charge in [-0.15, -0.1) is 0 Å². The molecule has 2 rings (SSSR count). The van der Waals surface area contributed by atoms with E-state index in [0.717, 1.165) is 12.1 Å². The van der Waals surface area contributed by atoms with Gasteiger partial charge in [0.05, 0.1) is 11.6 Å². The number of halogens is 3. The normalized spacial score (nSPS) is 13.0. The van der Waals surface area contributed by atoms with Gasteiger partial charge in [0.25, 0.3) is 0 Å². The molecule has 0 fully saturated rings. The SMILES string of the molecule is CC(Nc1cccc(C(F)(F)F)c1)c1ccc(C(=O)O)o1. The van der Waals surface area contributed by atoms with E-state index in [9.17, 15) is 18.0 Å². The summed E-state index contributed by atoms with van der Waals surface area (Å²) in [5.41, 5.74) is -0.490. The molecular weight excluding hydrogens is 287 g/mol. The third-order valence-electron chi connectivity index (χ3n) is 2.84. The lowest BCUT2D eigenvalue weighted by molar-refractivity contribution is -0.137. The number of aromatic carboxylic acids is 1. The van der Waals surface area contributed by atoms with Crippen molar-refractivity contribution < 1.29 is 27.5 Å². The van der Waals surface area contributed by atoms with E-state index >= 15 is 0 Å². The summed E-state index contributed by atoms with van der Waals surface area (Å²) in [6.45, 7) is 1.66. The minimum absolute atomic E-state index is 0.220. The maximum Gasteiger partial charge on any atom is 0.416 e. The highest BCUT2D eigenvalue weighted by atomic mass is 19.4. The first-order valence-electron chi connectivity index (χ1n) is 6.04. The summed E-state index contributed by atoms with van der Waals surface area (Å²) in [6.07, 6.45) is -4.41. The number of benzene rings is 1. The fraction of sp³-hybridized carbons (Fsp3) is 0.214. The zero-order valence-corrected chi connectivity index (χ0v) is 10.9. The number of anilines is 1. The van der Waals surface area contributed by atoms with Gasteiger partial charge in [-0.3, -0.25) is 0 Å². The minimum atomic E-state index is -4.41. The van der Waals surface area contributed by atoms with Crippen LogP contribution in [0, 0.1) is 0 Å². The average Bonchev–Trinajstić information content (AvgIpc) is 2.88. The molecular formula is C14H12F3NO3. The summed E-state index contributed by atoms with van der Waals surface area (Å²) in [6, 6.07) is 7.04. The van der Waals surface area contributed by atoms with Crippen LogP contribution >= 0.6 is 0 Å². The first-order valence-corrected chi connectivity index (χ1v) is 6.04. The Hall–Kier alpha value is -2.44. The van der Waals surface area contributed by atoms with Crippen LogP contribution in [-0.4, -0.2) is 11.1 Å². The third-order valence-corrected chi connectivity index (χ3v) is 2.84. The van der Waals surface area contributed by atoms with Crippen molar-refractivity contribution in [2.75, 3.05) is 5.32 Å². The molecule has 0 radical (unpaired) electrons. The van der Waals surface area contributed by atoms with E-state index in [1.165, 1.54) is 24.3 Å². The van der Waals surface area contributed by atoms with E-state index in [-0.39, 0.29) is 11.4 Å². The van der Waals surface area contributed by atoms with Crippen molar-refractivity contribution >= 4 is 11.7 Å². The van der Waals surface area contributed by atoms with Crippen LogP contribution in [0.2, 0.25) is 0 Å². The number of hydrogen-bond donors (Lipinski definition) is 2. The van der Waals surface area contributed by atoms with E-state index in [4.69, 9.17) is 9.52 Å². The summed E-state index contributed by atoms with van der Waals surface area (Å²) in [5, 5.41) is 11.6. The van der Waals surface area contributed by atoms with Crippen LogP contribution in [0.5, 0.6) is 0 Å². The zero-order chi connectivity index (χ0) is 15.6. The quantitative estimate of drug-likeness (QED) is 0.889. The van der Waals surface area contributed by atoms with Crippen molar-refractivity contribution in [3.8, 4) is 0 Å². The Morgan fingerprint density at radius 2 is 2.00 bits per heavy atom.